The van der Waals surface area contributed by atoms with Crippen molar-refractivity contribution in [2.75, 3.05) is 26.3 Å². The number of amides is 2. The first kappa shape index (κ1) is 35.9. The van der Waals surface area contributed by atoms with Gasteiger partial charge in [0, 0.05) is 32.5 Å². The predicted molar refractivity (Wildman–Crippen MR) is 173 cm³/mol. The normalized spacial score (nSPS) is 25.3. The number of nitrogens with zero attached hydrogens (tertiary/aromatic N) is 2. The molecule has 0 radical (unpaired) electrons. The van der Waals surface area contributed by atoms with Gasteiger partial charge in [0.25, 0.3) is 5.91 Å². The molecule has 2 rings (SSSR count). The highest BCUT2D eigenvalue weighted by Crippen LogP contribution is 2.43. The van der Waals surface area contributed by atoms with Crippen LogP contribution in [-0.2, 0) is 18.4 Å². The SMILES string of the molecule is C=CC[C@]1(CCO[Si](C)(C)C(C)(C)C)CCCN(/C=C/C[C@]2(CCO[Si](C)(C)C(C)(C)C)CCCN(O)C2=O)C1=O. The van der Waals surface area contributed by atoms with Crippen LogP contribution in [-0.4, -0.2) is 69.9 Å². The number of allylic oxidation sites excluding steroid dienone is 2. The molecule has 41 heavy (non-hydrogen) atoms. The standard InChI is InChI=1S/C32H60N2O5Si2/c1-12-16-31(20-25-38-40(8,9)29(2,3)4)17-13-22-33(27(31)35)23-14-18-32(19-15-24-34(37)28(32)36)21-26-39-41(10,11)30(5,6)7/h12,14,23,37H,1,13,15-22,24-26H2,2-11H3/b23-14+/t31-,32-/m1/s1. The molecule has 0 aromatic heterocycles. The highest BCUT2D eigenvalue weighted by molar-refractivity contribution is 6.74. The van der Waals surface area contributed by atoms with Gasteiger partial charge in [-0.25, -0.2) is 5.06 Å². The maximum atomic E-state index is 13.9. The molecular formula is C32H60N2O5Si2. The Morgan fingerprint density at radius 1 is 0.829 bits per heavy atom. The molecule has 2 heterocycles. The fourth-order valence-corrected chi connectivity index (χ4v) is 7.55. The predicted octanol–water partition coefficient (Wildman–Crippen LogP) is 7.90. The summed E-state index contributed by atoms with van der Waals surface area (Å²) in [5.74, 6) is -0.117. The smallest absolute Gasteiger partial charge is 0.252 e. The largest absolute Gasteiger partial charge is 0.417 e. The van der Waals surface area contributed by atoms with Gasteiger partial charge in [-0.1, -0.05) is 53.7 Å². The minimum Gasteiger partial charge on any atom is -0.417 e. The second kappa shape index (κ2) is 13.6. The number of hydrogen-bond donors (Lipinski definition) is 1. The highest BCUT2D eigenvalue weighted by atomic mass is 28.4. The number of hydroxylamine groups is 2. The van der Waals surface area contributed by atoms with E-state index in [1.54, 1.807) is 0 Å². The molecule has 2 saturated heterocycles. The molecule has 2 atom stereocenters. The van der Waals surface area contributed by atoms with Crippen LogP contribution in [0.2, 0.25) is 36.3 Å². The molecule has 0 aromatic rings. The van der Waals surface area contributed by atoms with Crippen LogP contribution in [0.25, 0.3) is 0 Å². The third kappa shape index (κ3) is 8.65. The average Bonchev–Trinajstić information content (AvgIpc) is 2.83. The highest BCUT2D eigenvalue weighted by Gasteiger charge is 2.46. The van der Waals surface area contributed by atoms with Crippen LogP contribution in [0.4, 0.5) is 0 Å². The van der Waals surface area contributed by atoms with Crippen LogP contribution < -0.4 is 0 Å². The zero-order valence-corrected chi connectivity index (χ0v) is 29.9. The minimum absolute atomic E-state index is 0.0853. The molecule has 9 heteroatoms. The van der Waals surface area contributed by atoms with E-state index < -0.39 is 27.5 Å². The van der Waals surface area contributed by atoms with Gasteiger partial charge >= 0.3 is 0 Å². The van der Waals surface area contributed by atoms with Gasteiger partial charge in [0.1, 0.15) is 0 Å². The molecule has 0 aromatic carbocycles. The zero-order valence-electron chi connectivity index (χ0n) is 27.9. The van der Waals surface area contributed by atoms with Crippen molar-refractivity contribution in [1.82, 2.24) is 9.96 Å². The quantitative estimate of drug-likeness (QED) is 0.131. The molecule has 0 unspecified atom stereocenters. The summed E-state index contributed by atoms with van der Waals surface area (Å²) in [5, 5.41) is 11.4. The van der Waals surface area contributed by atoms with E-state index in [-0.39, 0.29) is 21.9 Å². The summed E-state index contributed by atoms with van der Waals surface area (Å²) in [6.07, 6.45) is 11.2. The van der Waals surface area contributed by atoms with Gasteiger partial charge < -0.3 is 13.8 Å². The van der Waals surface area contributed by atoms with E-state index in [0.717, 1.165) is 24.3 Å². The van der Waals surface area contributed by atoms with Gasteiger partial charge in [-0.2, -0.15) is 0 Å². The number of carbonyl (C=O) groups excluding carboxylic acids is 2. The molecule has 2 aliphatic heterocycles. The van der Waals surface area contributed by atoms with Crippen LogP contribution >= 0.6 is 0 Å². The summed E-state index contributed by atoms with van der Waals surface area (Å²) < 4.78 is 12.9. The second-order valence-electron chi connectivity index (χ2n) is 15.5. The number of rotatable bonds is 13. The maximum absolute atomic E-state index is 13.9. The Labute approximate surface area is 252 Å². The second-order valence-corrected chi connectivity index (χ2v) is 25.1. The van der Waals surface area contributed by atoms with Gasteiger partial charge in [-0.15, -0.1) is 6.58 Å². The third-order valence-corrected chi connectivity index (χ3v) is 19.6. The molecule has 236 valence electrons. The van der Waals surface area contributed by atoms with Crippen molar-refractivity contribution in [3.05, 3.63) is 24.9 Å². The summed E-state index contributed by atoms with van der Waals surface area (Å²) in [5.41, 5.74) is -1.23. The Bertz CT molecular complexity index is 953. The van der Waals surface area contributed by atoms with Crippen molar-refractivity contribution in [2.45, 2.75) is 129 Å². The molecule has 0 bridgehead atoms. The summed E-state index contributed by atoms with van der Waals surface area (Å²) in [4.78, 5) is 29.0. The lowest BCUT2D eigenvalue weighted by Crippen LogP contribution is -2.49. The summed E-state index contributed by atoms with van der Waals surface area (Å²) >= 11 is 0. The summed E-state index contributed by atoms with van der Waals surface area (Å²) in [7, 11) is -3.87. The first-order valence-corrected chi connectivity index (χ1v) is 21.4. The van der Waals surface area contributed by atoms with E-state index in [4.69, 9.17) is 8.85 Å². The molecular weight excluding hydrogens is 549 g/mol. The Kier molecular flexibility index (Phi) is 11.9. The van der Waals surface area contributed by atoms with Crippen molar-refractivity contribution in [2.24, 2.45) is 10.8 Å². The lowest BCUT2D eigenvalue weighted by molar-refractivity contribution is -0.186. The maximum Gasteiger partial charge on any atom is 0.252 e. The third-order valence-electron chi connectivity index (χ3n) is 10.5. The summed E-state index contributed by atoms with van der Waals surface area (Å²) in [6.45, 7) is 28.3. The lowest BCUT2D eigenvalue weighted by atomic mass is 9.73. The lowest BCUT2D eigenvalue weighted by Gasteiger charge is -2.42. The molecule has 1 N–H and O–H groups in total. The van der Waals surface area contributed by atoms with Crippen molar-refractivity contribution >= 4 is 28.4 Å². The van der Waals surface area contributed by atoms with Crippen molar-refractivity contribution in [1.29, 1.82) is 0 Å². The van der Waals surface area contributed by atoms with Gasteiger partial charge in [0.05, 0.1) is 10.8 Å². The Balaban J connectivity index is 2.16. The Morgan fingerprint density at radius 3 is 1.76 bits per heavy atom. The number of carbonyl (C=O) groups is 2. The molecule has 0 spiro atoms. The summed E-state index contributed by atoms with van der Waals surface area (Å²) in [6, 6.07) is 0. The van der Waals surface area contributed by atoms with Crippen LogP contribution in [0.5, 0.6) is 0 Å². The fourth-order valence-electron chi connectivity index (χ4n) is 5.46. The Morgan fingerprint density at radius 2 is 1.29 bits per heavy atom. The molecule has 2 fully saturated rings. The molecule has 7 nitrogen and oxygen atoms in total. The van der Waals surface area contributed by atoms with Crippen molar-refractivity contribution in [3.8, 4) is 0 Å². The van der Waals surface area contributed by atoms with Crippen molar-refractivity contribution in [3.63, 3.8) is 0 Å². The molecule has 2 aliphatic rings. The number of hydrogen-bond acceptors (Lipinski definition) is 5. The van der Waals surface area contributed by atoms with Crippen molar-refractivity contribution < 1.29 is 23.6 Å². The van der Waals surface area contributed by atoms with E-state index in [1.807, 2.05) is 23.3 Å². The van der Waals surface area contributed by atoms with Crippen LogP contribution in [0, 0.1) is 10.8 Å². The van der Waals surface area contributed by atoms with E-state index in [9.17, 15) is 14.8 Å². The first-order chi connectivity index (χ1) is 18.7. The van der Waals surface area contributed by atoms with Gasteiger partial charge in [0.2, 0.25) is 5.91 Å². The fraction of sp³-hybridized carbons (Fsp3) is 0.812. The van der Waals surface area contributed by atoms with E-state index in [2.05, 4.69) is 74.3 Å². The zero-order chi connectivity index (χ0) is 31.3. The Hall–Kier alpha value is -1.27. The topological polar surface area (TPSA) is 79.3 Å². The van der Waals surface area contributed by atoms with Crippen LogP contribution in [0.15, 0.2) is 24.9 Å². The van der Waals surface area contributed by atoms with Crippen LogP contribution in [0.3, 0.4) is 0 Å². The van der Waals surface area contributed by atoms with E-state index in [1.165, 1.54) is 0 Å². The average molecular weight is 609 g/mol. The van der Waals surface area contributed by atoms with Crippen LogP contribution in [0.1, 0.15) is 92.9 Å². The molecule has 2 amide bonds. The molecule has 0 aliphatic carbocycles. The van der Waals surface area contributed by atoms with Gasteiger partial charge in [0.15, 0.2) is 16.6 Å². The van der Waals surface area contributed by atoms with E-state index in [0.29, 0.717) is 58.4 Å². The van der Waals surface area contributed by atoms with E-state index >= 15 is 0 Å². The monoisotopic (exact) mass is 608 g/mol. The minimum atomic E-state index is -1.96. The van der Waals surface area contributed by atoms with Gasteiger partial charge in [-0.3, -0.25) is 14.8 Å². The van der Waals surface area contributed by atoms with Gasteiger partial charge in [-0.05, 0) is 87.6 Å². The number of piperidine rings is 2. The first-order valence-electron chi connectivity index (χ1n) is 15.6. The number of likely N-dealkylation sites (tertiary alicyclic amines) is 1. The molecule has 0 saturated carbocycles.